The Morgan fingerprint density at radius 3 is 2.93 bits per heavy atom. The van der Waals surface area contributed by atoms with Gasteiger partial charge in [-0.25, -0.2) is 4.79 Å². The molecule has 1 N–H and O–H groups in total. The molecule has 1 rings (SSSR count). The lowest BCUT2D eigenvalue weighted by Gasteiger charge is -2.07. The van der Waals surface area contributed by atoms with Gasteiger partial charge in [-0.05, 0) is 30.7 Å². The summed E-state index contributed by atoms with van der Waals surface area (Å²) in [6.07, 6.45) is 1.59. The molecule has 0 aromatic heterocycles. The molecular weight excluding hydrogens is 216 g/mol. The number of rotatable bonds is 4. The Morgan fingerprint density at radius 2 is 2.33 bits per heavy atom. The molecule has 15 heavy (non-hydrogen) atoms. The Kier molecular flexibility index (Phi) is 4.18. The number of halogens is 1. The summed E-state index contributed by atoms with van der Waals surface area (Å²) in [5.41, 5.74) is 2.43. The number of hydrogen-bond acceptors (Lipinski definition) is 2. The molecule has 0 fully saturated rings. The Morgan fingerprint density at radius 1 is 1.60 bits per heavy atom. The van der Waals surface area contributed by atoms with Crippen LogP contribution >= 0.6 is 11.6 Å². The van der Waals surface area contributed by atoms with Gasteiger partial charge in [-0.3, -0.25) is 0 Å². The van der Waals surface area contributed by atoms with Gasteiger partial charge < -0.3 is 9.84 Å². The lowest BCUT2D eigenvalue weighted by Crippen LogP contribution is -2.03. The lowest BCUT2D eigenvalue weighted by atomic mass is 10.1. The molecule has 0 aliphatic rings. The highest BCUT2D eigenvalue weighted by molar-refractivity contribution is 6.25. The van der Waals surface area contributed by atoms with Gasteiger partial charge in [0, 0.05) is 5.54 Å². The van der Waals surface area contributed by atoms with Crippen LogP contribution in [0.15, 0.2) is 29.8 Å². The summed E-state index contributed by atoms with van der Waals surface area (Å²) in [6.45, 7) is 2.13. The molecule has 3 nitrogen and oxygen atoms in total. The van der Waals surface area contributed by atoms with Crippen molar-refractivity contribution in [2.45, 2.75) is 6.92 Å². The van der Waals surface area contributed by atoms with Crippen LogP contribution in [0.2, 0.25) is 0 Å². The molecule has 0 saturated carbocycles. The molecule has 0 unspecified atom stereocenters. The van der Waals surface area contributed by atoms with Crippen molar-refractivity contribution < 1.29 is 14.6 Å². The standard InChI is InChI=1S/C11H11ClO3/c1-8-3-4-9(11(13)14)10(7-8)15-6-2-5-12/h2-5,7H,6H2,1H3,(H,13,14). The second kappa shape index (κ2) is 5.41. The fourth-order valence-corrected chi connectivity index (χ4v) is 1.17. The van der Waals surface area contributed by atoms with Crippen molar-refractivity contribution in [1.29, 1.82) is 0 Å². The summed E-state index contributed by atoms with van der Waals surface area (Å²) in [5, 5.41) is 8.89. The molecule has 1 aromatic rings. The van der Waals surface area contributed by atoms with E-state index >= 15 is 0 Å². The number of aryl methyl sites for hydroxylation is 1. The molecule has 0 aliphatic heterocycles. The van der Waals surface area contributed by atoms with E-state index in [-0.39, 0.29) is 12.2 Å². The molecule has 1 aromatic carbocycles. The van der Waals surface area contributed by atoms with E-state index in [1.54, 1.807) is 18.2 Å². The molecule has 0 amide bonds. The molecule has 0 atom stereocenters. The zero-order valence-corrected chi connectivity index (χ0v) is 8.99. The third-order valence-electron chi connectivity index (χ3n) is 1.79. The predicted molar refractivity (Wildman–Crippen MR) is 58.6 cm³/mol. The monoisotopic (exact) mass is 226 g/mol. The van der Waals surface area contributed by atoms with Crippen LogP contribution in [0.5, 0.6) is 5.75 Å². The maximum absolute atomic E-state index is 10.8. The molecule has 0 saturated heterocycles. The number of carboxylic acids is 1. The van der Waals surface area contributed by atoms with Gasteiger partial charge >= 0.3 is 5.97 Å². The average Bonchev–Trinajstić information content (AvgIpc) is 2.18. The molecule has 0 aliphatic carbocycles. The SMILES string of the molecule is Cc1ccc(C(=O)O)c(OCC=CCl)c1. The Labute approximate surface area is 92.9 Å². The third kappa shape index (κ3) is 3.29. The Bertz CT molecular complexity index is 385. The number of aromatic carboxylic acids is 1. The molecule has 0 spiro atoms. The van der Waals surface area contributed by atoms with E-state index in [1.807, 2.05) is 6.92 Å². The van der Waals surface area contributed by atoms with Gasteiger partial charge in [-0.15, -0.1) is 0 Å². The van der Waals surface area contributed by atoms with Crippen molar-refractivity contribution in [1.82, 2.24) is 0 Å². The van der Waals surface area contributed by atoms with Gasteiger partial charge in [-0.1, -0.05) is 17.7 Å². The maximum Gasteiger partial charge on any atom is 0.339 e. The fourth-order valence-electron chi connectivity index (χ4n) is 1.10. The van der Waals surface area contributed by atoms with E-state index in [9.17, 15) is 4.79 Å². The molecule has 80 valence electrons. The summed E-state index contributed by atoms with van der Waals surface area (Å²) in [6, 6.07) is 4.94. The topological polar surface area (TPSA) is 46.5 Å². The zero-order valence-electron chi connectivity index (χ0n) is 8.24. The van der Waals surface area contributed by atoms with Crippen LogP contribution in [0.1, 0.15) is 15.9 Å². The molecule has 0 bridgehead atoms. The minimum absolute atomic E-state index is 0.156. The highest BCUT2D eigenvalue weighted by Crippen LogP contribution is 2.20. The van der Waals surface area contributed by atoms with Crippen molar-refractivity contribution in [2.75, 3.05) is 6.61 Å². The normalized spacial score (nSPS) is 10.5. The van der Waals surface area contributed by atoms with Crippen LogP contribution in [0.25, 0.3) is 0 Å². The van der Waals surface area contributed by atoms with Crippen molar-refractivity contribution in [3.8, 4) is 5.75 Å². The van der Waals surface area contributed by atoms with E-state index < -0.39 is 5.97 Å². The van der Waals surface area contributed by atoms with Crippen molar-refractivity contribution in [2.24, 2.45) is 0 Å². The summed E-state index contributed by atoms with van der Waals surface area (Å²) >= 11 is 5.32. The van der Waals surface area contributed by atoms with Crippen molar-refractivity contribution >= 4 is 17.6 Å². The van der Waals surface area contributed by atoms with Crippen LogP contribution in [0, 0.1) is 6.92 Å². The van der Waals surface area contributed by atoms with Gasteiger partial charge in [0.25, 0.3) is 0 Å². The van der Waals surface area contributed by atoms with Crippen molar-refractivity contribution in [3.05, 3.63) is 40.9 Å². The summed E-state index contributed by atoms with van der Waals surface area (Å²) in [7, 11) is 0. The van der Waals surface area contributed by atoms with Crippen molar-refractivity contribution in [3.63, 3.8) is 0 Å². The molecular formula is C11H11ClO3. The third-order valence-corrected chi connectivity index (χ3v) is 1.97. The van der Waals surface area contributed by atoms with E-state index in [1.165, 1.54) is 11.6 Å². The van der Waals surface area contributed by atoms with E-state index in [2.05, 4.69) is 0 Å². The summed E-state index contributed by atoms with van der Waals surface area (Å²) in [5.74, 6) is -0.642. The second-order valence-corrected chi connectivity index (χ2v) is 3.23. The molecule has 4 heteroatoms. The van der Waals surface area contributed by atoms with Gasteiger partial charge in [0.05, 0.1) is 0 Å². The second-order valence-electron chi connectivity index (χ2n) is 2.98. The van der Waals surface area contributed by atoms with Gasteiger partial charge in [0.15, 0.2) is 0 Å². The van der Waals surface area contributed by atoms with Gasteiger partial charge in [0.2, 0.25) is 0 Å². The van der Waals surface area contributed by atoms with E-state index in [0.717, 1.165) is 5.56 Å². The van der Waals surface area contributed by atoms with E-state index in [0.29, 0.717) is 5.75 Å². The number of carboxylic acid groups (broad SMARTS) is 1. The van der Waals surface area contributed by atoms with Crippen LogP contribution in [0.4, 0.5) is 0 Å². The first-order valence-corrected chi connectivity index (χ1v) is 4.80. The van der Waals surface area contributed by atoms with Crippen LogP contribution in [-0.4, -0.2) is 17.7 Å². The van der Waals surface area contributed by atoms with Crippen LogP contribution < -0.4 is 4.74 Å². The lowest BCUT2D eigenvalue weighted by molar-refractivity contribution is 0.0693. The Hall–Kier alpha value is -1.48. The zero-order chi connectivity index (χ0) is 11.3. The van der Waals surface area contributed by atoms with Crippen LogP contribution in [0.3, 0.4) is 0 Å². The van der Waals surface area contributed by atoms with Gasteiger partial charge in [0.1, 0.15) is 17.9 Å². The average molecular weight is 227 g/mol. The fraction of sp³-hybridized carbons (Fsp3) is 0.182. The molecule has 0 radical (unpaired) electrons. The summed E-state index contributed by atoms with van der Waals surface area (Å²) < 4.78 is 5.27. The molecule has 0 heterocycles. The van der Waals surface area contributed by atoms with Gasteiger partial charge in [-0.2, -0.15) is 0 Å². The number of hydrogen-bond donors (Lipinski definition) is 1. The highest BCUT2D eigenvalue weighted by atomic mass is 35.5. The smallest absolute Gasteiger partial charge is 0.339 e. The summed E-state index contributed by atoms with van der Waals surface area (Å²) in [4.78, 5) is 10.8. The Balaban J connectivity index is 2.91. The minimum Gasteiger partial charge on any atom is -0.489 e. The quantitative estimate of drug-likeness (QED) is 0.859. The largest absolute Gasteiger partial charge is 0.489 e. The predicted octanol–water partition coefficient (Wildman–Crippen LogP) is 2.82. The number of ether oxygens (including phenoxy) is 1. The minimum atomic E-state index is -1.00. The first kappa shape index (κ1) is 11.6. The van der Waals surface area contributed by atoms with E-state index in [4.69, 9.17) is 21.4 Å². The maximum atomic E-state index is 10.8. The highest BCUT2D eigenvalue weighted by Gasteiger charge is 2.10. The number of benzene rings is 1. The number of carbonyl (C=O) groups is 1. The van der Waals surface area contributed by atoms with Crippen LogP contribution in [-0.2, 0) is 0 Å². The first-order chi connectivity index (χ1) is 7.15. The first-order valence-electron chi connectivity index (χ1n) is 4.37.